The Kier molecular flexibility index (Phi) is 8.54. The van der Waals surface area contributed by atoms with Crippen molar-refractivity contribution in [3.05, 3.63) is 125 Å². The van der Waals surface area contributed by atoms with Crippen molar-refractivity contribution in [3.8, 4) is 33.6 Å². The Labute approximate surface area is 252 Å². The van der Waals surface area contributed by atoms with Crippen molar-refractivity contribution in [2.45, 2.75) is 59.3 Å². The summed E-state index contributed by atoms with van der Waals surface area (Å²) in [6.07, 6.45) is 1.86. The fourth-order valence-corrected chi connectivity index (χ4v) is 5.19. The molecular weight excluding hydrogens is 667 g/mol. The standard InChI is InChI=1S/C24H25N2.C12H10N.Ir/c1-15-11-12-25-21(13-15)17-8-10-20-19(14-17)18-9-7-16(2)26-22(18)24(5,6)23(20,3)4;1-10-6-5-9-12(13-10)11-7-3-2-4-8-11;/h7,9-14H,1-6H3;2-7,9H,1H3;/q2*-1;. The molecule has 5 aromatic rings. The maximum Gasteiger partial charge on any atom is 0.0526 e. The van der Waals surface area contributed by atoms with Crippen LogP contribution in [-0.4, -0.2) is 15.0 Å². The predicted octanol–water partition coefficient (Wildman–Crippen LogP) is 8.65. The molecule has 0 fully saturated rings. The summed E-state index contributed by atoms with van der Waals surface area (Å²) >= 11 is 0. The third-order valence-corrected chi connectivity index (χ3v) is 8.17. The number of rotatable bonds is 2. The van der Waals surface area contributed by atoms with Crippen molar-refractivity contribution in [2.24, 2.45) is 0 Å². The Bertz CT molecular complexity index is 1640. The van der Waals surface area contributed by atoms with E-state index in [4.69, 9.17) is 4.98 Å². The number of nitrogens with zero attached hydrogens (tertiary/aromatic N) is 3. The van der Waals surface area contributed by atoms with Gasteiger partial charge in [-0.15, -0.1) is 65.2 Å². The Morgan fingerprint density at radius 2 is 1.43 bits per heavy atom. The Morgan fingerprint density at radius 3 is 2.12 bits per heavy atom. The minimum atomic E-state index is -0.0572. The van der Waals surface area contributed by atoms with Crippen molar-refractivity contribution in [1.82, 2.24) is 15.0 Å². The first-order valence-corrected chi connectivity index (χ1v) is 13.5. The summed E-state index contributed by atoms with van der Waals surface area (Å²) in [5.74, 6) is 0. The smallest absolute Gasteiger partial charge is 0.0526 e. The molecule has 2 aromatic carbocycles. The number of hydrogen-bond acceptors (Lipinski definition) is 3. The van der Waals surface area contributed by atoms with E-state index in [0.29, 0.717) is 0 Å². The van der Waals surface area contributed by atoms with E-state index >= 15 is 0 Å². The summed E-state index contributed by atoms with van der Waals surface area (Å²) in [6.45, 7) is 15.4. The molecule has 6 rings (SSSR count). The van der Waals surface area contributed by atoms with Gasteiger partial charge in [-0.2, -0.15) is 0 Å². The fourth-order valence-electron chi connectivity index (χ4n) is 5.19. The largest absolute Gasteiger partial charge is 0.305 e. The molecule has 0 bridgehead atoms. The number of aromatic nitrogens is 3. The van der Waals surface area contributed by atoms with Crippen molar-refractivity contribution in [1.29, 1.82) is 0 Å². The van der Waals surface area contributed by atoms with Gasteiger partial charge in [-0.1, -0.05) is 63.1 Å². The van der Waals surface area contributed by atoms with Gasteiger partial charge in [-0.05, 0) is 61.3 Å². The second kappa shape index (κ2) is 11.6. The molecule has 0 saturated carbocycles. The van der Waals surface area contributed by atoms with Crippen LogP contribution in [0.5, 0.6) is 0 Å². The predicted molar refractivity (Wildman–Crippen MR) is 161 cm³/mol. The molecule has 0 unspecified atom stereocenters. The number of pyridine rings is 3. The van der Waals surface area contributed by atoms with Crippen LogP contribution in [0, 0.1) is 32.9 Å². The van der Waals surface area contributed by atoms with E-state index in [-0.39, 0.29) is 30.9 Å². The van der Waals surface area contributed by atoms with E-state index in [1.54, 1.807) is 0 Å². The SMILES string of the molecule is Cc1cccc(-c2[c-]cccc2)n1.Cc1ccnc(-c2[c-]cc3c(c2)-c2ccc(C)nc2C(C)(C)C3(C)C)c1.[Ir]. The van der Waals surface area contributed by atoms with Crippen molar-refractivity contribution in [2.75, 3.05) is 0 Å². The Morgan fingerprint density at radius 1 is 0.650 bits per heavy atom. The molecule has 1 radical (unpaired) electrons. The summed E-state index contributed by atoms with van der Waals surface area (Å²) in [5.41, 5.74) is 12.3. The van der Waals surface area contributed by atoms with Gasteiger partial charge in [0, 0.05) is 43.1 Å². The van der Waals surface area contributed by atoms with E-state index < -0.39 is 0 Å². The normalized spacial score (nSPS) is 14.1. The second-order valence-corrected chi connectivity index (χ2v) is 11.4. The number of hydrogen-bond donors (Lipinski definition) is 0. The molecule has 0 N–H and O–H groups in total. The Hall–Kier alpha value is -3.46. The van der Waals surface area contributed by atoms with Crippen LogP contribution in [0.2, 0.25) is 0 Å². The molecule has 1 aliphatic rings. The molecule has 0 spiro atoms. The molecular formula is C36H35IrN3-2. The molecule has 4 heteroatoms. The minimum absolute atomic E-state index is 0. The van der Waals surface area contributed by atoms with Crippen molar-refractivity contribution >= 4 is 0 Å². The minimum Gasteiger partial charge on any atom is -0.305 e. The molecule has 0 saturated heterocycles. The number of benzene rings is 2. The molecule has 3 nitrogen and oxygen atoms in total. The second-order valence-electron chi connectivity index (χ2n) is 11.4. The molecule has 0 aliphatic heterocycles. The molecule has 0 amide bonds. The summed E-state index contributed by atoms with van der Waals surface area (Å²) in [6, 6.07) is 33.4. The molecule has 40 heavy (non-hydrogen) atoms. The monoisotopic (exact) mass is 702 g/mol. The first-order valence-electron chi connectivity index (χ1n) is 13.5. The van der Waals surface area contributed by atoms with Gasteiger partial charge in [0.05, 0.1) is 5.69 Å². The molecule has 1 aliphatic carbocycles. The topological polar surface area (TPSA) is 38.7 Å². The van der Waals surface area contributed by atoms with Crippen molar-refractivity contribution < 1.29 is 20.1 Å². The van der Waals surface area contributed by atoms with Crippen molar-refractivity contribution in [3.63, 3.8) is 0 Å². The van der Waals surface area contributed by atoms with Crippen LogP contribution >= 0.6 is 0 Å². The van der Waals surface area contributed by atoms with Gasteiger partial charge in [-0.25, -0.2) is 0 Å². The first-order chi connectivity index (χ1) is 18.6. The Balaban J connectivity index is 0.000000223. The van der Waals surface area contributed by atoms with Crippen LogP contribution in [0.4, 0.5) is 0 Å². The summed E-state index contributed by atoms with van der Waals surface area (Å²) in [7, 11) is 0. The average molecular weight is 702 g/mol. The van der Waals surface area contributed by atoms with Crippen LogP contribution in [-0.2, 0) is 30.9 Å². The molecule has 3 heterocycles. The maximum absolute atomic E-state index is 4.95. The average Bonchev–Trinajstić information content (AvgIpc) is 2.93. The number of aryl methyl sites for hydroxylation is 3. The van der Waals surface area contributed by atoms with Crippen LogP contribution in [0.15, 0.2) is 85.1 Å². The molecule has 205 valence electrons. The summed E-state index contributed by atoms with van der Waals surface area (Å²) in [4.78, 5) is 13.9. The zero-order chi connectivity index (χ0) is 27.8. The third kappa shape index (κ3) is 5.57. The van der Waals surface area contributed by atoms with E-state index in [1.165, 1.54) is 27.9 Å². The summed E-state index contributed by atoms with van der Waals surface area (Å²) in [5, 5.41) is 0. The fraction of sp³-hybridized carbons (Fsp3) is 0.250. The van der Waals surface area contributed by atoms with Gasteiger partial charge in [-0.3, -0.25) is 4.98 Å². The zero-order valence-electron chi connectivity index (χ0n) is 24.3. The van der Waals surface area contributed by atoms with Gasteiger partial charge >= 0.3 is 0 Å². The van der Waals surface area contributed by atoms with Gasteiger partial charge in [0.1, 0.15) is 0 Å². The van der Waals surface area contributed by atoms with E-state index in [2.05, 4.69) is 94.0 Å². The van der Waals surface area contributed by atoms with Gasteiger partial charge < -0.3 is 9.97 Å². The van der Waals surface area contributed by atoms with Crippen LogP contribution in [0.3, 0.4) is 0 Å². The van der Waals surface area contributed by atoms with E-state index in [1.807, 2.05) is 61.7 Å². The first kappa shape index (κ1) is 29.5. The quantitative estimate of drug-likeness (QED) is 0.173. The van der Waals surface area contributed by atoms with E-state index in [0.717, 1.165) is 33.9 Å². The zero-order valence-corrected chi connectivity index (χ0v) is 26.7. The molecule has 3 aromatic heterocycles. The van der Waals surface area contributed by atoms with E-state index in [9.17, 15) is 0 Å². The van der Waals surface area contributed by atoms with Gasteiger partial charge in [0.2, 0.25) is 0 Å². The van der Waals surface area contributed by atoms with Crippen LogP contribution in [0.1, 0.15) is 55.9 Å². The number of fused-ring (bicyclic) bond motifs is 3. The van der Waals surface area contributed by atoms with Crippen LogP contribution < -0.4 is 0 Å². The maximum atomic E-state index is 4.95. The summed E-state index contributed by atoms with van der Waals surface area (Å²) < 4.78 is 0. The third-order valence-electron chi connectivity index (χ3n) is 8.17. The van der Waals surface area contributed by atoms with Crippen LogP contribution in [0.25, 0.3) is 33.6 Å². The molecule has 0 atom stereocenters. The van der Waals surface area contributed by atoms with Gasteiger partial charge in [0.25, 0.3) is 0 Å². The van der Waals surface area contributed by atoms with Gasteiger partial charge in [0.15, 0.2) is 0 Å².